The first kappa shape index (κ1) is 19.4. The highest BCUT2D eigenvalue weighted by atomic mass is 16.5. The fourth-order valence-electron chi connectivity index (χ4n) is 2.54. The molecule has 7 heteroatoms. The third-order valence-corrected chi connectivity index (χ3v) is 4.02. The monoisotopic (exact) mass is 358 g/mol. The average molecular weight is 358 g/mol. The second-order valence-corrected chi connectivity index (χ2v) is 5.61. The van der Waals surface area contributed by atoms with Crippen LogP contribution in [0.25, 0.3) is 0 Å². The Hall–Kier alpha value is -2.93. The van der Waals surface area contributed by atoms with Crippen LogP contribution in [-0.2, 0) is 15.1 Å². The van der Waals surface area contributed by atoms with E-state index in [1.807, 2.05) is 0 Å². The Kier molecular flexibility index (Phi) is 6.68. The lowest BCUT2D eigenvalue weighted by molar-refractivity contribution is -0.145. The van der Waals surface area contributed by atoms with Gasteiger partial charge in [-0.1, -0.05) is 37.3 Å². The third-order valence-electron chi connectivity index (χ3n) is 4.02. The molecule has 138 valence electrons. The molecule has 2 rings (SSSR count). The van der Waals surface area contributed by atoms with Gasteiger partial charge in [-0.3, -0.25) is 4.79 Å². The van der Waals surface area contributed by atoms with Crippen molar-refractivity contribution < 1.29 is 24.2 Å². The van der Waals surface area contributed by atoms with E-state index in [0.29, 0.717) is 18.8 Å². The van der Waals surface area contributed by atoms with Gasteiger partial charge in [-0.25, -0.2) is 9.78 Å². The lowest BCUT2D eigenvalue weighted by Gasteiger charge is -2.30. The Morgan fingerprint density at radius 3 is 2.54 bits per heavy atom. The fraction of sp³-hybridized carbons (Fsp3) is 0.316. The molecule has 0 aliphatic rings. The van der Waals surface area contributed by atoms with Gasteiger partial charge in [0.15, 0.2) is 5.54 Å². The maximum atomic E-state index is 12.7. The van der Waals surface area contributed by atoms with Crippen molar-refractivity contribution in [1.29, 1.82) is 0 Å². The van der Waals surface area contributed by atoms with Crippen molar-refractivity contribution in [2.45, 2.75) is 18.9 Å². The normalized spacial score (nSPS) is 12.8. The number of pyridine rings is 1. The molecule has 0 radical (unpaired) electrons. The number of nitrogens with one attached hydrogen (secondary N) is 1. The fourth-order valence-corrected chi connectivity index (χ4v) is 2.54. The number of carbonyl (C=O) groups is 2. The summed E-state index contributed by atoms with van der Waals surface area (Å²) in [5.74, 6) is -1.37. The highest BCUT2D eigenvalue weighted by molar-refractivity contribution is 5.98. The van der Waals surface area contributed by atoms with E-state index in [1.165, 1.54) is 18.3 Å². The highest BCUT2D eigenvalue weighted by Crippen LogP contribution is 2.26. The van der Waals surface area contributed by atoms with Crippen molar-refractivity contribution in [3.63, 3.8) is 0 Å². The lowest BCUT2D eigenvalue weighted by Crippen LogP contribution is -2.51. The standard InChI is InChI=1S/C19H22N2O5/c1-3-19(18(23)24,15-7-5-4-6-8-15)21-17(22)14-9-10-20-16(13-14)26-12-11-25-2/h4-10,13H,3,11-12H2,1-2H3,(H,21,22)(H,23,24). The van der Waals surface area contributed by atoms with E-state index < -0.39 is 17.4 Å². The first-order valence-electron chi connectivity index (χ1n) is 8.22. The zero-order chi connectivity index (χ0) is 19.0. The predicted octanol–water partition coefficient (Wildman–Crippen LogP) is 2.23. The average Bonchev–Trinajstić information content (AvgIpc) is 2.67. The molecule has 0 spiro atoms. The molecule has 2 aromatic rings. The predicted molar refractivity (Wildman–Crippen MR) is 95.1 cm³/mol. The summed E-state index contributed by atoms with van der Waals surface area (Å²) in [6.07, 6.45) is 1.63. The molecular weight excluding hydrogens is 336 g/mol. The van der Waals surface area contributed by atoms with Gasteiger partial charge in [-0.2, -0.15) is 0 Å². The first-order chi connectivity index (χ1) is 12.5. The molecule has 1 unspecified atom stereocenters. The summed E-state index contributed by atoms with van der Waals surface area (Å²) in [4.78, 5) is 28.7. The number of hydrogen-bond acceptors (Lipinski definition) is 5. The van der Waals surface area contributed by atoms with Crippen molar-refractivity contribution in [1.82, 2.24) is 10.3 Å². The number of nitrogens with zero attached hydrogens (tertiary/aromatic N) is 1. The van der Waals surface area contributed by atoms with Gasteiger partial charge in [-0.15, -0.1) is 0 Å². The maximum Gasteiger partial charge on any atom is 0.334 e. The molecule has 1 amide bonds. The molecule has 0 saturated heterocycles. The van der Waals surface area contributed by atoms with Crippen LogP contribution in [0.1, 0.15) is 29.3 Å². The quantitative estimate of drug-likeness (QED) is 0.667. The number of rotatable bonds is 9. The van der Waals surface area contributed by atoms with Crippen molar-refractivity contribution in [2.75, 3.05) is 20.3 Å². The lowest BCUT2D eigenvalue weighted by atomic mass is 9.87. The minimum atomic E-state index is -1.52. The molecule has 0 saturated carbocycles. The zero-order valence-electron chi connectivity index (χ0n) is 14.8. The van der Waals surface area contributed by atoms with E-state index in [2.05, 4.69) is 10.3 Å². The highest BCUT2D eigenvalue weighted by Gasteiger charge is 2.40. The number of hydrogen-bond donors (Lipinski definition) is 2. The summed E-state index contributed by atoms with van der Waals surface area (Å²) in [5, 5.41) is 12.5. The van der Waals surface area contributed by atoms with Crippen LogP contribution >= 0.6 is 0 Å². The van der Waals surface area contributed by atoms with Gasteiger partial charge in [0.25, 0.3) is 5.91 Å². The van der Waals surface area contributed by atoms with Crippen LogP contribution in [0.2, 0.25) is 0 Å². The molecule has 1 aromatic heterocycles. The SMILES string of the molecule is CCC(NC(=O)c1ccnc(OCCOC)c1)(C(=O)O)c1ccccc1. The molecule has 0 bridgehead atoms. The van der Waals surface area contributed by atoms with Crippen molar-refractivity contribution in [3.8, 4) is 5.88 Å². The van der Waals surface area contributed by atoms with Gasteiger partial charge in [0.05, 0.1) is 6.61 Å². The summed E-state index contributed by atoms with van der Waals surface area (Å²) in [7, 11) is 1.56. The number of carboxylic acid groups (broad SMARTS) is 1. The molecule has 0 aliphatic carbocycles. The minimum absolute atomic E-state index is 0.195. The van der Waals surface area contributed by atoms with Crippen LogP contribution in [-0.4, -0.2) is 42.3 Å². The zero-order valence-corrected chi connectivity index (χ0v) is 14.8. The molecule has 1 aromatic carbocycles. The van der Waals surface area contributed by atoms with Crippen LogP contribution < -0.4 is 10.1 Å². The Bertz CT molecular complexity index is 751. The van der Waals surface area contributed by atoms with E-state index >= 15 is 0 Å². The number of carboxylic acids is 1. The van der Waals surface area contributed by atoms with E-state index in [-0.39, 0.29) is 17.9 Å². The topological polar surface area (TPSA) is 97.8 Å². The van der Waals surface area contributed by atoms with Crippen LogP contribution in [0.4, 0.5) is 0 Å². The largest absolute Gasteiger partial charge is 0.479 e. The number of amides is 1. The Balaban J connectivity index is 2.25. The number of carbonyl (C=O) groups excluding carboxylic acids is 1. The number of aromatic nitrogens is 1. The van der Waals surface area contributed by atoms with E-state index in [1.54, 1.807) is 44.4 Å². The van der Waals surface area contributed by atoms with Gasteiger partial charge in [0.1, 0.15) is 6.61 Å². The third kappa shape index (κ3) is 4.37. The van der Waals surface area contributed by atoms with E-state index in [9.17, 15) is 14.7 Å². The van der Waals surface area contributed by atoms with Gasteiger partial charge < -0.3 is 19.9 Å². The second-order valence-electron chi connectivity index (χ2n) is 5.61. The number of aliphatic carboxylic acids is 1. The summed E-state index contributed by atoms with van der Waals surface area (Å²) < 4.78 is 10.3. The second kappa shape index (κ2) is 8.96. The molecule has 7 nitrogen and oxygen atoms in total. The van der Waals surface area contributed by atoms with Gasteiger partial charge in [0, 0.05) is 24.9 Å². The molecule has 2 N–H and O–H groups in total. The summed E-state index contributed by atoms with van der Waals surface area (Å²) >= 11 is 0. The van der Waals surface area contributed by atoms with E-state index in [4.69, 9.17) is 9.47 Å². The van der Waals surface area contributed by atoms with Gasteiger partial charge >= 0.3 is 5.97 Å². The number of ether oxygens (including phenoxy) is 2. The summed E-state index contributed by atoms with van der Waals surface area (Å²) in [6, 6.07) is 11.6. The van der Waals surface area contributed by atoms with Gasteiger partial charge in [-0.05, 0) is 18.1 Å². The maximum absolute atomic E-state index is 12.7. The van der Waals surface area contributed by atoms with Crippen LogP contribution in [0, 0.1) is 0 Å². The molecule has 1 atom stereocenters. The van der Waals surface area contributed by atoms with Crippen LogP contribution in [0.15, 0.2) is 48.7 Å². The van der Waals surface area contributed by atoms with Crippen molar-refractivity contribution in [2.24, 2.45) is 0 Å². The molecule has 1 heterocycles. The first-order valence-corrected chi connectivity index (χ1v) is 8.22. The van der Waals surface area contributed by atoms with Crippen molar-refractivity contribution >= 4 is 11.9 Å². The molecule has 0 fully saturated rings. The molecular formula is C19H22N2O5. The summed E-state index contributed by atoms with van der Waals surface area (Å²) in [5.41, 5.74) is -0.741. The minimum Gasteiger partial charge on any atom is -0.479 e. The number of methoxy groups -OCH3 is 1. The molecule has 26 heavy (non-hydrogen) atoms. The Morgan fingerprint density at radius 2 is 1.92 bits per heavy atom. The van der Waals surface area contributed by atoms with Crippen LogP contribution in [0.3, 0.4) is 0 Å². The Morgan fingerprint density at radius 1 is 1.19 bits per heavy atom. The smallest absolute Gasteiger partial charge is 0.334 e. The van der Waals surface area contributed by atoms with Gasteiger partial charge in [0.2, 0.25) is 5.88 Å². The number of benzene rings is 1. The van der Waals surface area contributed by atoms with Crippen LogP contribution in [0.5, 0.6) is 5.88 Å². The van der Waals surface area contributed by atoms with E-state index in [0.717, 1.165) is 0 Å². The molecule has 0 aliphatic heterocycles. The summed E-state index contributed by atoms with van der Waals surface area (Å²) in [6.45, 7) is 2.41. The van der Waals surface area contributed by atoms with Crippen molar-refractivity contribution in [3.05, 3.63) is 59.8 Å². The Labute approximate surface area is 152 Å².